The highest BCUT2D eigenvalue weighted by atomic mass is 16.5. The van der Waals surface area contributed by atoms with Gasteiger partial charge in [0.2, 0.25) is 0 Å². The Balaban J connectivity index is 1.93. The summed E-state index contributed by atoms with van der Waals surface area (Å²) in [5.74, 6) is 0.782. The van der Waals surface area contributed by atoms with Gasteiger partial charge < -0.3 is 15.0 Å². The van der Waals surface area contributed by atoms with Crippen molar-refractivity contribution in [1.29, 1.82) is 0 Å². The zero-order valence-corrected chi connectivity index (χ0v) is 13.3. The van der Waals surface area contributed by atoms with Gasteiger partial charge in [-0.3, -0.25) is 0 Å². The molecule has 4 heteroatoms. The van der Waals surface area contributed by atoms with Crippen LogP contribution in [0.25, 0.3) is 0 Å². The summed E-state index contributed by atoms with van der Waals surface area (Å²) in [7, 11) is 3.43. The van der Waals surface area contributed by atoms with Crippen molar-refractivity contribution in [2.45, 2.75) is 20.0 Å². The summed E-state index contributed by atoms with van der Waals surface area (Å²) in [5, 5.41) is 2.92. The van der Waals surface area contributed by atoms with Crippen molar-refractivity contribution in [3.05, 3.63) is 65.2 Å². The highest BCUT2D eigenvalue weighted by Crippen LogP contribution is 2.17. The number of nitrogens with zero attached hydrogens (tertiary/aromatic N) is 1. The number of para-hydroxylation sites is 1. The first-order valence-corrected chi connectivity index (χ1v) is 7.27. The number of nitrogens with one attached hydrogen (secondary N) is 1. The Bertz CT molecular complexity index is 640. The summed E-state index contributed by atoms with van der Waals surface area (Å²) in [5.41, 5.74) is 3.30. The number of urea groups is 1. The first-order valence-electron chi connectivity index (χ1n) is 7.27. The minimum Gasteiger partial charge on any atom is -0.496 e. The van der Waals surface area contributed by atoms with E-state index in [0.29, 0.717) is 13.1 Å². The molecule has 0 unspecified atom stereocenters. The molecule has 0 aliphatic heterocycles. The van der Waals surface area contributed by atoms with E-state index in [1.165, 1.54) is 5.56 Å². The molecule has 2 amide bonds. The largest absolute Gasteiger partial charge is 0.496 e. The summed E-state index contributed by atoms with van der Waals surface area (Å²) < 4.78 is 5.28. The monoisotopic (exact) mass is 298 g/mol. The van der Waals surface area contributed by atoms with E-state index in [4.69, 9.17) is 4.74 Å². The standard InChI is InChI=1S/C18H22N2O2/c1-14-8-4-5-10-16(14)13-20(2)18(21)19-12-15-9-6-7-11-17(15)22-3/h4-11H,12-13H2,1-3H3,(H,19,21). The molecule has 0 aliphatic carbocycles. The van der Waals surface area contributed by atoms with Crippen LogP contribution in [-0.4, -0.2) is 25.1 Å². The van der Waals surface area contributed by atoms with Crippen molar-refractivity contribution in [2.24, 2.45) is 0 Å². The fraction of sp³-hybridized carbons (Fsp3) is 0.278. The molecule has 2 rings (SSSR count). The summed E-state index contributed by atoms with van der Waals surface area (Å²) in [4.78, 5) is 13.9. The molecule has 1 N–H and O–H groups in total. The molecular weight excluding hydrogens is 276 g/mol. The molecule has 0 saturated heterocycles. The second-order valence-corrected chi connectivity index (χ2v) is 5.25. The molecule has 0 atom stereocenters. The van der Waals surface area contributed by atoms with Gasteiger partial charge in [0.15, 0.2) is 0 Å². The van der Waals surface area contributed by atoms with Crippen molar-refractivity contribution in [3.8, 4) is 5.75 Å². The molecule has 0 radical (unpaired) electrons. The van der Waals surface area contributed by atoms with Crippen molar-refractivity contribution in [2.75, 3.05) is 14.2 Å². The lowest BCUT2D eigenvalue weighted by atomic mass is 10.1. The number of carbonyl (C=O) groups excluding carboxylic acids is 1. The third-order valence-electron chi connectivity index (χ3n) is 3.64. The third kappa shape index (κ3) is 4.01. The fourth-order valence-corrected chi connectivity index (χ4v) is 2.27. The molecule has 0 aromatic heterocycles. The SMILES string of the molecule is COc1ccccc1CNC(=O)N(C)Cc1ccccc1C. The summed E-state index contributed by atoms with van der Waals surface area (Å²) >= 11 is 0. The molecular formula is C18H22N2O2. The molecule has 116 valence electrons. The van der Waals surface area contributed by atoms with Crippen LogP contribution in [-0.2, 0) is 13.1 Å². The maximum Gasteiger partial charge on any atom is 0.317 e. The van der Waals surface area contributed by atoms with Crippen LogP contribution < -0.4 is 10.1 Å². The van der Waals surface area contributed by atoms with Crippen molar-refractivity contribution in [3.63, 3.8) is 0 Å². The molecule has 2 aromatic rings. The van der Waals surface area contributed by atoms with Gasteiger partial charge in [0.05, 0.1) is 7.11 Å². The van der Waals surface area contributed by atoms with Gasteiger partial charge in [0.1, 0.15) is 5.75 Å². The van der Waals surface area contributed by atoms with Gasteiger partial charge in [0, 0.05) is 25.7 Å². The number of hydrogen-bond acceptors (Lipinski definition) is 2. The molecule has 0 heterocycles. The van der Waals surface area contributed by atoms with Crippen LogP contribution in [0.15, 0.2) is 48.5 Å². The summed E-state index contributed by atoms with van der Waals surface area (Å²) in [6.07, 6.45) is 0. The summed E-state index contributed by atoms with van der Waals surface area (Å²) in [6, 6.07) is 15.7. The molecule has 4 nitrogen and oxygen atoms in total. The van der Waals surface area contributed by atoms with E-state index in [0.717, 1.165) is 16.9 Å². The van der Waals surface area contributed by atoms with Crippen molar-refractivity contribution < 1.29 is 9.53 Å². The van der Waals surface area contributed by atoms with Crippen molar-refractivity contribution in [1.82, 2.24) is 10.2 Å². The molecule has 0 aliphatic rings. The number of benzene rings is 2. The van der Waals surface area contributed by atoms with Crippen LogP contribution >= 0.6 is 0 Å². The average molecular weight is 298 g/mol. The number of ether oxygens (including phenoxy) is 1. The van der Waals surface area contributed by atoms with Gasteiger partial charge in [-0.2, -0.15) is 0 Å². The number of carbonyl (C=O) groups is 1. The average Bonchev–Trinajstić information content (AvgIpc) is 2.54. The molecule has 0 bridgehead atoms. The predicted octanol–water partition coefficient (Wildman–Crippen LogP) is 3.35. The topological polar surface area (TPSA) is 41.6 Å². The van der Waals surface area contributed by atoms with Crippen LogP contribution in [0.1, 0.15) is 16.7 Å². The smallest absolute Gasteiger partial charge is 0.317 e. The van der Waals surface area contributed by atoms with Gasteiger partial charge in [-0.05, 0) is 24.1 Å². The summed E-state index contributed by atoms with van der Waals surface area (Å²) in [6.45, 7) is 3.08. The van der Waals surface area contributed by atoms with Crippen LogP contribution in [0.3, 0.4) is 0 Å². The minimum absolute atomic E-state index is 0.103. The molecule has 0 spiro atoms. The number of rotatable bonds is 5. The van der Waals surface area contributed by atoms with Gasteiger partial charge >= 0.3 is 6.03 Å². The van der Waals surface area contributed by atoms with E-state index in [2.05, 4.69) is 18.3 Å². The molecule has 0 fully saturated rings. The van der Waals surface area contributed by atoms with E-state index in [1.807, 2.05) is 42.5 Å². The molecule has 0 saturated carbocycles. The second kappa shape index (κ2) is 7.50. The normalized spacial score (nSPS) is 10.1. The van der Waals surface area contributed by atoms with E-state index < -0.39 is 0 Å². The Morgan fingerprint density at radius 2 is 1.73 bits per heavy atom. The van der Waals surface area contributed by atoms with Gasteiger partial charge in [-0.15, -0.1) is 0 Å². The lowest BCUT2D eigenvalue weighted by Gasteiger charge is -2.19. The maximum atomic E-state index is 12.2. The molecule has 22 heavy (non-hydrogen) atoms. The number of methoxy groups -OCH3 is 1. The Hall–Kier alpha value is -2.49. The highest BCUT2D eigenvalue weighted by molar-refractivity contribution is 5.74. The van der Waals surface area contributed by atoms with E-state index in [9.17, 15) is 4.79 Å². The van der Waals surface area contributed by atoms with Gasteiger partial charge in [0.25, 0.3) is 0 Å². The number of hydrogen-bond donors (Lipinski definition) is 1. The fourth-order valence-electron chi connectivity index (χ4n) is 2.27. The van der Waals surface area contributed by atoms with Gasteiger partial charge in [-0.25, -0.2) is 4.79 Å². The van der Waals surface area contributed by atoms with E-state index in [-0.39, 0.29) is 6.03 Å². The first-order chi connectivity index (χ1) is 10.6. The lowest BCUT2D eigenvalue weighted by molar-refractivity contribution is 0.206. The van der Waals surface area contributed by atoms with E-state index >= 15 is 0 Å². The van der Waals surface area contributed by atoms with Crippen LogP contribution in [0, 0.1) is 6.92 Å². The number of amides is 2. The molecule has 2 aromatic carbocycles. The quantitative estimate of drug-likeness (QED) is 0.919. The Morgan fingerprint density at radius 1 is 1.09 bits per heavy atom. The van der Waals surface area contributed by atoms with Gasteiger partial charge in [-0.1, -0.05) is 42.5 Å². The minimum atomic E-state index is -0.103. The maximum absolute atomic E-state index is 12.2. The highest BCUT2D eigenvalue weighted by Gasteiger charge is 2.11. The van der Waals surface area contributed by atoms with Crippen LogP contribution in [0.5, 0.6) is 5.75 Å². The lowest BCUT2D eigenvalue weighted by Crippen LogP contribution is -2.36. The van der Waals surface area contributed by atoms with Crippen LogP contribution in [0.4, 0.5) is 4.79 Å². The predicted molar refractivity (Wildman–Crippen MR) is 87.9 cm³/mol. The Morgan fingerprint density at radius 3 is 2.41 bits per heavy atom. The number of aryl methyl sites for hydroxylation is 1. The second-order valence-electron chi connectivity index (χ2n) is 5.25. The zero-order valence-electron chi connectivity index (χ0n) is 13.3. The Kier molecular flexibility index (Phi) is 5.42. The third-order valence-corrected chi connectivity index (χ3v) is 3.64. The zero-order chi connectivity index (χ0) is 15.9. The Labute approximate surface area is 131 Å². The van der Waals surface area contributed by atoms with E-state index in [1.54, 1.807) is 19.1 Å². The van der Waals surface area contributed by atoms with Crippen LogP contribution in [0.2, 0.25) is 0 Å². The first kappa shape index (κ1) is 15.9. The van der Waals surface area contributed by atoms with Crippen molar-refractivity contribution >= 4 is 6.03 Å².